The molecule has 0 aliphatic carbocycles. The van der Waals surface area contributed by atoms with Crippen LogP contribution in [0.25, 0.3) is 11.3 Å². The summed E-state index contributed by atoms with van der Waals surface area (Å²) in [4.78, 5) is 7.45. The SMILES string of the molecule is CCc1ccc(OC)c(-c2cnc(CCO)[nH]2)c1. The highest BCUT2D eigenvalue weighted by molar-refractivity contribution is 5.67. The minimum atomic E-state index is 0.0963. The maximum Gasteiger partial charge on any atom is 0.128 e. The van der Waals surface area contributed by atoms with Gasteiger partial charge in [0.25, 0.3) is 0 Å². The third-order valence-corrected chi connectivity index (χ3v) is 2.94. The van der Waals surface area contributed by atoms with E-state index in [9.17, 15) is 0 Å². The van der Waals surface area contributed by atoms with Crippen molar-refractivity contribution in [1.82, 2.24) is 9.97 Å². The minimum Gasteiger partial charge on any atom is -0.496 e. The largest absolute Gasteiger partial charge is 0.496 e. The second-order valence-corrected chi connectivity index (χ2v) is 4.11. The molecule has 96 valence electrons. The monoisotopic (exact) mass is 246 g/mol. The van der Waals surface area contributed by atoms with Gasteiger partial charge in [0.15, 0.2) is 0 Å². The number of aliphatic hydroxyl groups excluding tert-OH is 1. The molecule has 1 aromatic heterocycles. The van der Waals surface area contributed by atoms with E-state index in [1.54, 1.807) is 13.3 Å². The zero-order valence-electron chi connectivity index (χ0n) is 10.7. The van der Waals surface area contributed by atoms with Crippen molar-refractivity contribution < 1.29 is 9.84 Å². The maximum absolute atomic E-state index is 8.90. The van der Waals surface area contributed by atoms with Gasteiger partial charge in [0.2, 0.25) is 0 Å². The van der Waals surface area contributed by atoms with Gasteiger partial charge in [-0.05, 0) is 24.1 Å². The molecule has 1 heterocycles. The van der Waals surface area contributed by atoms with Gasteiger partial charge in [-0.25, -0.2) is 4.98 Å². The third kappa shape index (κ3) is 2.54. The number of nitrogens with zero attached hydrogens (tertiary/aromatic N) is 1. The van der Waals surface area contributed by atoms with E-state index in [2.05, 4.69) is 29.0 Å². The van der Waals surface area contributed by atoms with Gasteiger partial charge in [-0.3, -0.25) is 0 Å². The molecule has 2 N–H and O–H groups in total. The van der Waals surface area contributed by atoms with Crippen molar-refractivity contribution >= 4 is 0 Å². The van der Waals surface area contributed by atoms with Gasteiger partial charge >= 0.3 is 0 Å². The number of methoxy groups -OCH3 is 1. The van der Waals surface area contributed by atoms with Crippen molar-refractivity contribution in [2.45, 2.75) is 19.8 Å². The smallest absolute Gasteiger partial charge is 0.128 e. The third-order valence-electron chi connectivity index (χ3n) is 2.94. The second kappa shape index (κ2) is 5.69. The Morgan fingerprint density at radius 2 is 2.22 bits per heavy atom. The zero-order chi connectivity index (χ0) is 13.0. The van der Waals surface area contributed by atoms with E-state index >= 15 is 0 Å². The number of aliphatic hydroxyl groups is 1. The Hall–Kier alpha value is -1.81. The van der Waals surface area contributed by atoms with Crippen molar-refractivity contribution in [3.63, 3.8) is 0 Å². The molecule has 0 fully saturated rings. The zero-order valence-corrected chi connectivity index (χ0v) is 10.7. The number of hydrogen-bond acceptors (Lipinski definition) is 3. The number of aryl methyl sites for hydroxylation is 1. The first-order valence-electron chi connectivity index (χ1n) is 6.10. The topological polar surface area (TPSA) is 58.1 Å². The fourth-order valence-corrected chi connectivity index (χ4v) is 1.92. The molecule has 0 saturated heterocycles. The van der Waals surface area contributed by atoms with Crippen molar-refractivity contribution in [1.29, 1.82) is 0 Å². The lowest BCUT2D eigenvalue weighted by Crippen LogP contribution is -1.93. The average molecular weight is 246 g/mol. The van der Waals surface area contributed by atoms with E-state index in [4.69, 9.17) is 9.84 Å². The van der Waals surface area contributed by atoms with Crippen LogP contribution in [0.15, 0.2) is 24.4 Å². The van der Waals surface area contributed by atoms with E-state index in [-0.39, 0.29) is 6.61 Å². The molecule has 0 radical (unpaired) electrons. The molecule has 0 saturated carbocycles. The normalized spacial score (nSPS) is 10.6. The van der Waals surface area contributed by atoms with E-state index in [1.807, 2.05) is 6.07 Å². The molecule has 18 heavy (non-hydrogen) atoms. The van der Waals surface area contributed by atoms with Crippen LogP contribution in [-0.2, 0) is 12.8 Å². The summed E-state index contributed by atoms with van der Waals surface area (Å²) in [6.45, 7) is 2.22. The van der Waals surface area contributed by atoms with Crippen LogP contribution < -0.4 is 4.74 Å². The standard InChI is InChI=1S/C14H18N2O2/c1-3-10-4-5-13(18-2)11(8-10)12-9-15-14(16-12)6-7-17/h4-5,8-9,17H,3,6-7H2,1-2H3,(H,15,16). The highest BCUT2D eigenvalue weighted by Gasteiger charge is 2.09. The molecule has 0 aliphatic heterocycles. The van der Waals surface area contributed by atoms with Crippen molar-refractivity contribution in [3.05, 3.63) is 35.8 Å². The van der Waals surface area contributed by atoms with Crippen LogP contribution >= 0.6 is 0 Å². The summed E-state index contributed by atoms with van der Waals surface area (Å²) in [7, 11) is 1.66. The molecule has 4 heteroatoms. The molecule has 2 rings (SSSR count). The van der Waals surface area contributed by atoms with Gasteiger partial charge in [0.05, 0.1) is 25.6 Å². The van der Waals surface area contributed by atoms with Crippen LogP contribution in [0, 0.1) is 0 Å². The van der Waals surface area contributed by atoms with E-state index in [0.717, 1.165) is 29.3 Å². The Morgan fingerprint density at radius 1 is 1.39 bits per heavy atom. The first-order valence-corrected chi connectivity index (χ1v) is 6.10. The summed E-state index contributed by atoms with van der Waals surface area (Å²) >= 11 is 0. The Morgan fingerprint density at radius 3 is 2.89 bits per heavy atom. The van der Waals surface area contributed by atoms with Gasteiger partial charge in [-0.1, -0.05) is 13.0 Å². The molecular weight excluding hydrogens is 228 g/mol. The summed E-state index contributed by atoms with van der Waals surface area (Å²) in [5.74, 6) is 1.61. The summed E-state index contributed by atoms with van der Waals surface area (Å²) in [5.41, 5.74) is 3.18. The molecule has 0 bridgehead atoms. The maximum atomic E-state index is 8.90. The van der Waals surface area contributed by atoms with Crippen molar-refractivity contribution in [3.8, 4) is 17.0 Å². The first-order chi connectivity index (χ1) is 8.78. The number of ether oxygens (including phenoxy) is 1. The molecule has 4 nitrogen and oxygen atoms in total. The molecular formula is C14H18N2O2. The Kier molecular flexibility index (Phi) is 3.99. The van der Waals surface area contributed by atoms with Gasteiger partial charge in [-0.2, -0.15) is 0 Å². The fraction of sp³-hybridized carbons (Fsp3) is 0.357. The van der Waals surface area contributed by atoms with Crippen LogP contribution in [0.1, 0.15) is 18.3 Å². The number of H-pyrrole nitrogens is 1. The van der Waals surface area contributed by atoms with E-state index in [0.29, 0.717) is 6.42 Å². The summed E-state index contributed by atoms with van der Waals surface area (Å²) in [6, 6.07) is 6.14. The number of nitrogens with one attached hydrogen (secondary N) is 1. The van der Waals surface area contributed by atoms with Crippen LogP contribution in [0.3, 0.4) is 0 Å². The Balaban J connectivity index is 2.40. The lowest BCUT2D eigenvalue weighted by atomic mass is 10.1. The number of aromatic nitrogens is 2. The van der Waals surface area contributed by atoms with Gasteiger partial charge in [0, 0.05) is 12.0 Å². The van der Waals surface area contributed by atoms with Crippen LogP contribution in [0.5, 0.6) is 5.75 Å². The van der Waals surface area contributed by atoms with E-state index in [1.165, 1.54) is 5.56 Å². The number of benzene rings is 1. The first kappa shape index (κ1) is 12.6. The number of aromatic amines is 1. The predicted octanol–water partition coefficient (Wildman–Crippen LogP) is 2.18. The molecule has 1 aromatic carbocycles. The Labute approximate surface area is 107 Å². The Bertz CT molecular complexity index is 520. The van der Waals surface area contributed by atoms with Gasteiger partial charge < -0.3 is 14.8 Å². The van der Waals surface area contributed by atoms with Crippen LogP contribution in [0.4, 0.5) is 0 Å². The highest BCUT2D eigenvalue weighted by atomic mass is 16.5. The van der Waals surface area contributed by atoms with Gasteiger partial charge in [0.1, 0.15) is 11.6 Å². The fourth-order valence-electron chi connectivity index (χ4n) is 1.92. The van der Waals surface area contributed by atoms with Crippen LogP contribution in [0.2, 0.25) is 0 Å². The second-order valence-electron chi connectivity index (χ2n) is 4.11. The summed E-state index contributed by atoms with van der Waals surface area (Å²) < 4.78 is 5.37. The summed E-state index contributed by atoms with van der Waals surface area (Å²) in [6.07, 6.45) is 3.30. The molecule has 0 aliphatic rings. The molecule has 0 unspecified atom stereocenters. The lowest BCUT2D eigenvalue weighted by molar-refractivity contribution is 0.297. The lowest BCUT2D eigenvalue weighted by Gasteiger charge is -2.08. The highest BCUT2D eigenvalue weighted by Crippen LogP contribution is 2.29. The van der Waals surface area contributed by atoms with Crippen LogP contribution in [-0.4, -0.2) is 28.8 Å². The quantitative estimate of drug-likeness (QED) is 0.850. The number of hydrogen-bond donors (Lipinski definition) is 2. The molecule has 2 aromatic rings. The van der Waals surface area contributed by atoms with E-state index < -0.39 is 0 Å². The van der Waals surface area contributed by atoms with Gasteiger partial charge in [-0.15, -0.1) is 0 Å². The minimum absolute atomic E-state index is 0.0963. The molecule has 0 atom stereocenters. The number of imidazole rings is 1. The molecule has 0 amide bonds. The number of rotatable bonds is 5. The molecule has 0 spiro atoms. The van der Waals surface area contributed by atoms with Crippen molar-refractivity contribution in [2.24, 2.45) is 0 Å². The van der Waals surface area contributed by atoms with Crippen molar-refractivity contribution in [2.75, 3.05) is 13.7 Å². The summed E-state index contributed by atoms with van der Waals surface area (Å²) in [5, 5.41) is 8.90. The predicted molar refractivity (Wildman–Crippen MR) is 70.7 cm³/mol. The average Bonchev–Trinajstić information content (AvgIpc) is 2.87.